The van der Waals surface area contributed by atoms with Gasteiger partial charge in [0.1, 0.15) is 6.07 Å². The van der Waals surface area contributed by atoms with Gasteiger partial charge >= 0.3 is 0 Å². The van der Waals surface area contributed by atoms with Gasteiger partial charge in [0.25, 0.3) is 0 Å². The first-order valence-corrected chi connectivity index (χ1v) is 5.86. The molecule has 1 aliphatic heterocycles. The summed E-state index contributed by atoms with van der Waals surface area (Å²) in [5.41, 5.74) is 1.66. The lowest BCUT2D eigenvalue weighted by Crippen LogP contribution is -2.60. The summed E-state index contributed by atoms with van der Waals surface area (Å²) >= 11 is 0. The van der Waals surface area contributed by atoms with Crippen molar-refractivity contribution >= 4 is 16.6 Å². The number of hydrogen-bond acceptors (Lipinski definition) is 4. The van der Waals surface area contributed by atoms with Gasteiger partial charge in [-0.25, -0.2) is 0 Å². The van der Waals surface area contributed by atoms with E-state index in [2.05, 4.69) is 11.1 Å². The van der Waals surface area contributed by atoms with Crippen LogP contribution >= 0.6 is 0 Å². The van der Waals surface area contributed by atoms with Gasteiger partial charge in [-0.3, -0.25) is 4.98 Å². The Kier molecular flexibility index (Phi) is 2.25. The Morgan fingerprint density at radius 1 is 1.39 bits per heavy atom. The first-order valence-electron chi connectivity index (χ1n) is 5.86. The van der Waals surface area contributed by atoms with Crippen LogP contribution in [0.1, 0.15) is 12.5 Å². The third-order valence-electron chi connectivity index (χ3n) is 3.25. The number of nitriles is 1. The maximum absolute atomic E-state index is 9.84. The van der Waals surface area contributed by atoms with Crippen molar-refractivity contribution in [1.82, 2.24) is 4.98 Å². The monoisotopic (exact) mass is 239 g/mol. The Hall–Kier alpha value is -2.12. The summed E-state index contributed by atoms with van der Waals surface area (Å²) in [6, 6.07) is 9.94. The van der Waals surface area contributed by atoms with Crippen LogP contribution in [0.5, 0.6) is 0 Å². The van der Waals surface area contributed by atoms with Gasteiger partial charge in [-0.1, -0.05) is 18.2 Å². The molecule has 0 aliphatic carbocycles. The number of aliphatic hydroxyl groups is 1. The summed E-state index contributed by atoms with van der Waals surface area (Å²) < 4.78 is 0. The van der Waals surface area contributed by atoms with Crippen LogP contribution in [0.15, 0.2) is 30.5 Å². The van der Waals surface area contributed by atoms with Crippen molar-refractivity contribution < 1.29 is 5.11 Å². The Labute approximate surface area is 105 Å². The van der Waals surface area contributed by atoms with Crippen molar-refractivity contribution in [2.24, 2.45) is 0 Å². The Morgan fingerprint density at radius 3 is 2.78 bits per heavy atom. The molecule has 0 spiro atoms. The second-order valence-corrected chi connectivity index (χ2v) is 5.00. The predicted molar refractivity (Wildman–Crippen MR) is 69.3 cm³/mol. The molecule has 0 amide bonds. The number of benzene rings is 1. The van der Waals surface area contributed by atoms with Crippen molar-refractivity contribution in [2.45, 2.75) is 12.5 Å². The molecule has 4 heteroatoms. The molecule has 0 saturated carbocycles. The molecule has 18 heavy (non-hydrogen) atoms. The fourth-order valence-corrected chi connectivity index (χ4v) is 2.48. The molecule has 1 aliphatic rings. The van der Waals surface area contributed by atoms with E-state index in [0.717, 1.165) is 16.6 Å². The minimum Gasteiger partial charge on any atom is -0.386 e. The van der Waals surface area contributed by atoms with Gasteiger partial charge in [-0.2, -0.15) is 5.26 Å². The highest BCUT2D eigenvalue weighted by Crippen LogP contribution is 2.35. The third-order valence-corrected chi connectivity index (χ3v) is 3.25. The summed E-state index contributed by atoms with van der Waals surface area (Å²) in [6.07, 6.45) is 1.60. The van der Waals surface area contributed by atoms with Crippen molar-refractivity contribution in [3.8, 4) is 6.07 Å². The number of rotatable bonds is 1. The van der Waals surface area contributed by atoms with Crippen LogP contribution in [-0.4, -0.2) is 28.8 Å². The van der Waals surface area contributed by atoms with E-state index >= 15 is 0 Å². The molecule has 1 N–H and O–H groups in total. The molecule has 0 bridgehead atoms. The van der Waals surface area contributed by atoms with Gasteiger partial charge in [0.2, 0.25) is 0 Å². The quantitative estimate of drug-likeness (QED) is 0.822. The molecule has 0 radical (unpaired) electrons. The van der Waals surface area contributed by atoms with E-state index in [9.17, 15) is 10.4 Å². The van der Waals surface area contributed by atoms with Crippen LogP contribution in [-0.2, 0) is 0 Å². The zero-order valence-electron chi connectivity index (χ0n) is 10.1. The van der Waals surface area contributed by atoms with Crippen molar-refractivity contribution in [3.05, 3.63) is 36.0 Å². The summed E-state index contributed by atoms with van der Waals surface area (Å²) in [7, 11) is 0. The maximum Gasteiger partial charge on any atom is 0.103 e. The average molecular weight is 239 g/mol. The van der Waals surface area contributed by atoms with Crippen LogP contribution in [0.3, 0.4) is 0 Å². The number of pyridine rings is 1. The smallest absolute Gasteiger partial charge is 0.103 e. The molecular weight excluding hydrogens is 226 g/mol. The lowest BCUT2D eigenvalue weighted by Gasteiger charge is -2.46. The fourth-order valence-electron chi connectivity index (χ4n) is 2.48. The van der Waals surface area contributed by atoms with E-state index in [1.165, 1.54) is 0 Å². The average Bonchev–Trinajstić information content (AvgIpc) is 2.34. The molecule has 1 aromatic carbocycles. The second kappa shape index (κ2) is 3.69. The van der Waals surface area contributed by atoms with Gasteiger partial charge in [-0.15, -0.1) is 0 Å². The van der Waals surface area contributed by atoms with Gasteiger partial charge in [0, 0.05) is 24.7 Å². The van der Waals surface area contributed by atoms with Gasteiger partial charge < -0.3 is 10.0 Å². The maximum atomic E-state index is 9.84. The third kappa shape index (κ3) is 1.60. The molecule has 1 aromatic heterocycles. The van der Waals surface area contributed by atoms with E-state index in [0.29, 0.717) is 18.7 Å². The highest BCUT2D eigenvalue weighted by atomic mass is 16.3. The molecule has 2 heterocycles. The molecule has 0 unspecified atom stereocenters. The molecule has 3 rings (SSSR count). The van der Waals surface area contributed by atoms with Crippen molar-refractivity contribution in [3.63, 3.8) is 0 Å². The predicted octanol–water partition coefficient (Wildman–Crippen LogP) is 1.68. The first-order chi connectivity index (χ1) is 8.61. The number of aromatic nitrogens is 1. The summed E-state index contributed by atoms with van der Waals surface area (Å²) in [4.78, 5) is 6.31. The van der Waals surface area contributed by atoms with Gasteiger partial charge in [-0.05, 0) is 13.0 Å². The highest BCUT2D eigenvalue weighted by molar-refractivity contribution is 5.94. The lowest BCUT2D eigenvalue weighted by atomic mass is 9.94. The minimum absolute atomic E-state index is 0.551. The van der Waals surface area contributed by atoms with Crippen molar-refractivity contribution in [1.29, 1.82) is 5.26 Å². The summed E-state index contributed by atoms with van der Waals surface area (Å²) in [5.74, 6) is 0. The largest absolute Gasteiger partial charge is 0.386 e. The second-order valence-electron chi connectivity index (χ2n) is 5.00. The normalized spacial score (nSPS) is 17.3. The lowest BCUT2D eigenvalue weighted by molar-refractivity contribution is 0.0312. The van der Waals surface area contributed by atoms with Crippen LogP contribution in [0.4, 0.5) is 5.69 Å². The number of nitrogens with zero attached hydrogens (tertiary/aromatic N) is 3. The van der Waals surface area contributed by atoms with E-state index in [1.54, 1.807) is 13.1 Å². The Morgan fingerprint density at radius 2 is 2.11 bits per heavy atom. The van der Waals surface area contributed by atoms with E-state index in [1.807, 2.05) is 29.2 Å². The Balaban J connectivity index is 2.17. The number of anilines is 1. The summed E-state index contributed by atoms with van der Waals surface area (Å²) in [6.45, 7) is 2.91. The number of β-amino-alcohol motifs (C(OH)–C–C–N with tert-alkyl or cyclic N) is 1. The Bertz CT molecular complexity index is 650. The SMILES string of the molecule is CC1(O)CN(c2c(C#N)cnc3ccccc23)C1. The van der Waals surface area contributed by atoms with Crippen molar-refractivity contribution in [2.75, 3.05) is 18.0 Å². The fraction of sp³-hybridized carbons (Fsp3) is 0.286. The number of hydrogen-bond donors (Lipinski definition) is 1. The minimum atomic E-state index is -0.656. The standard InChI is InChI=1S/C14H13N3O/c1-14(18)8-17(9-14)13-10(6-15)7-16-12-5-3-2-4-11(12)13/h2-5,7,18H,8-9H2,1H3. The summed E-state index contributed by atoms with van der Waals surface area (Å²) in [5, 5.41) is 20.0. The number of fused-ring (bicyclic) bond motifs is 1. The molecule has 2 aromatic rings. The van der Waals surface area contributed by atoms with Crippen LogP contribution in [0, 0.1) is 11.3 Å². The van der Waals surface area contributed by atoms with Gasteiger partial charge in [0.15, 0.2) is 0 Å². The van der Waals surface area contributed by atoms with Gasteiger partial charge in [0.05, 0.1) is 22.4 Å². The van der Waals surface area contributed by atoms with Crippen LogP contribution in [0.25, 0.3) is 10.9 Å². The zero-order valence-corrected chi connectivity index (χ0v) is 10.1. The highest BCUT2D eigenvalue weighted by Gasteiger charge is 2.38. The first kappa shape index (κ1) is 11.0. The van der Waals surface area contributed by atoms with Crippen LogP contribution < -0.4 is 4.90 Å². The van der Waals surface area contributed by atoms with E-state index in [-0.39, 0.29) is 0 Å². The van der Waals surface area contributed by atoms with E-state index in [4.69, 9.17) is 0 Å². The topological polar surface area (TPSA) is 60.1 Å². The molecule has 90 valence electrons. The molecule has 0 atom stereocenters. The number of para-hydroxylation sites is 1. The molecule has 1 fully saturated rings. The molecular formula is C14H13N3O. The zero-order chi connectivity index (χ0) is 12.8. The van der Waals surface area contributed by atoms with E-state index < -0.39 is 5.60 Å². The van der Waals surface area contributed by atoms with Crippen LogP contribution in [0.2, 0.25) is 0 Å². The molecule has 4 nitrogen and oxygen atoms in total. The molecule has 1 saturated heterocycles.